The van der Waals surface area contributed by atoms with E-state index >= 15 is 0 Å². The quantitative estimate of drug-likeness (QED) is 0.319. The summed E-state index contributed by atoms with van der Waals surface area (Å²) < 4.78 is 1.71. The van der Waals surface area contributed by atoms with E-state index in [2.05, 4.69) is 38.5 Å². The van der Waals surface area contributed by atoms with Crippen molar-refractivity contribution in [3.05, 3.63) is 30.8 Å². The number of alkyl halides is 1. The Hall–Kier alpha value is 0.680. The molecular weight excluding hydrogens is 390 g/mol. The fraction of sp³-hybridized carbons (Fsp3) is 0.125. The van der Waals surface area contributed by atoms with E-state index in [9.17, 15) is 4.79 Å². The summed E-state index contributed by atoms with van der Waals surface area (Å²) in [5.74, 6) is -0.136. The topological polar surface area (TPSA) is 17.1 Å². The van der Waals surface area contributed by atoms with Gasteiger partial charge in [-0.1, -0.05) is 11.6 Å². The number of rotatable bonds is 2. The lowest BCUT2D eigenvalue weighted by molar-refractivity contribution is 0.102. The zero-order valence-corrected chi connectivity index (χ0v) is 11.5. The van der Waals surface area contributed by atoms with Crippen molar-refractivity contribution in [2.24, 2.45) is 0 Å². The van der Waals surface area contributed by atoms with Gasteiger partial charge >= 0.3 is 0 Å². The van der Waals surface area contributed by atoms with E-state index in [4.69, 9.17) is 23.2 Å². The molecule has 1 rings (SSSR count). The normalized spacial score (nSPS) is 10.2. The lowest BCUT2D eigenvalue weighted by Crippen LogP contribution is -2.00. The number of carbonyl (C=O) groups excluding carboxylic acids is 1. The number of hydrogen-bond donors (Lipinski definition) is 0. The highest BCUT2D eigenvalue weighted by Crippen LogP contribution is 2.29. The van der Waals surface area contributed by atoms with Crippen LogP contribution in [0.1, 0.15) is 10.4 Å². The highest BCUT2D eigenvalue weighted by atomic mass is 127. The summed E-state index contributed by atoms with van der Waals surface area (Å²) in [6.07, 6.45) is 0. The van der Waals surface area contributed by atoms with Gasteiger partial charge in [0.15, 0.2) is 5.78 Å². The van der Waals surface area contributed by atoms with E-state index in [1.807, 2.05) is 0 Å². The Balaban J connectivity index is 3.20. The lowest BCUT2D eigenvalue weighted by Gasteiger charge is -2.02. The molecule has 1 aromatic rings. The summed E-state index contributed by atoms with van der Waals surface area (Å²) in [5.41, 5.74) is 0.549. The van der Waals surface area contributed by atoms with E-state index < -0.39 is 0 Å². The molecule has 0 unspecified atom stereocenters. The zero-order chi connectivity index (χ0) is 10.0. The van der Waals surface area contributed by atoms with Crippen molar-refractivity contribution < 1.29 is 4.79 Å². The molecule has 0 aliphatic carbocycles. The van der Waals surface area contributed by atoms with Crippen molar-refractivity contribution in [1.29, 1.82) is 0 Å². The fourth-order valence-electron chi connectivity index (χ4n) is 0.794. The summed E-state index contributed by atoms with van der Waals surface area (Å²) in [6.45, 7) is 0. The van der Waals surface area contributed by atoms with Crippen LogP contribution in [-0.4, -0.2) is 11.7 Å². The largest absolute Gasteiger partial charge is 0.293 e. The third-order valence-electron chi connectivity index (χ3n) is 1.43. The molecule has 70 valence electrons. The maximum atomic E-state index is 11.2. The van der Waals surface area contributed by atoms with Crippen molar-refractivity contribution in [2.75, 3.05) is 5.88 Å². The van der Waals surface area contributed by atoms with Gasteiger partial charge in [-0.25, -0.2) is 0 Å². The van der Waals surface area contributed by atoms with Gasteiger partial charge in [-0.15, -0.1) is 11.6 Å². The van der Waals surface area contributed by atoms with Crippen LogP contribution in [0.25, 0.3) is 0 Å². The average Bonchev–Trinajstić information content (AvgIpc) is 2.12. The molecule has 0 amide bonds. The smallest absolute Gasteiger partial charge is 0.177 e. The highest BCUT2D eigenvalue weighted by molar-refractivity contribution is 14.1. The number of hydrogen-bond acceptors (Lipinski definition) is 1. The summed E-state index contributed by atoms with van der Waals surface area (Å²) >= 11 is 16.7. The van der Waals surface area contributed by atoms with Crippen LogP contribution in [0.5, 0.6) is 0 Å². The molecule has 0 aliphatic heterocycles. The van der Waals surface area contributed by atoms with Crippen LogP contribution in [0.3, 0.4) is 0 Å². The van der Waals surface area contributed by atoms with Crippen molar-refractivity contribution in [3.63, 3.8) is 0 Å². The predicted octanol–water partition coefficient (Wildman–Crippen LogP) is 4.13. The Kier molecular flexibility index (Phi) is 4.48. The van der Waals surface area contributed by atoms with Crippen LogP contribution in [-0.2, 0) is 0 Å². The first-order valence-corrected chi connectivity index (χ1v) is 6.08. The molecule has 0 fully saturated rings. The fourth-order valence-corrected chi connectivity index (χ4v) is 2.18. The van der Waals surface area contributed by atoms with Crippen LogP contribution in [0, 0.1) is 3.57 Å². The van der Waals surface area contributed by atoms with E-state index in [1.54, 1.807) is 12.1 Å². The summed E-state index contributed by atoms with van der Waals surface area (Å²) in [7, 11) is 0. The third-order valence-corrected chi connectivity index (χ3v) is 4.64. The Morgan fingerprint density at radius 1 is 1.54 bits per heavy atom. The molecule has 1 aromatic carbocycles. The molecule has 0 atom stereocenters. The molecule has 1 nitrogen and oxygen atoms in total. The number of ketones is 1. The number of Topliss-reactive ketones (excluding diaryl/α,β-unsaturated/α-hetero) is 1. The molecule has 5 heteroatoms. The molecule has 0 N–H and O–H groups in total. The van der Waals surface area contributed by atoms with Gasteiger partial charge in [-0.05, 0) is 50.7 Å². The standard InChI is InChI=1S/C8H4BrCl2IO/c9-8-5(11)1-4(2-6(8)12)7(13)3-10/h1-2H,3H2. The molecule has 0 bridgehead atoms. The maximum absolute atomic E-state index is 11.2. The summed E-state index contributed by atoms with van der Waals surface area (Å²) in [4.78, 5) is 11.2. The highest BCUT2D eigenvalue weighted by Gasteiger charge is 2.09. The van der Waals surface area contributed by atoms with Gasteiger partial charge in [-0.3, -0.25) is 4.79 Å². The van der Waals surface area contributed by atoms with Crippen LogP contribution in [0.15, 0.2) is 16.6 Å². The van der Waals surface area contributed by atoms with Crippen LogP contribution in [0.2, 0.25) is 5.02 Å². The summed E-state index contributed by atoms with van der Waals surface area (Å²) in [5, 5.41) is 0.528. The SMILES string of the molecule is O=C(CCl)c1cc(Cl)c(Br)c(I)c1. The van der Waals surface area contributed by atoms with E-state index in [1.165, 1.54) is 0 Å². The average molecular weight is 394 g/mol. The molecule has 0 radical (unpaired) electrons. The number of halogens is 4. The predicted molar refractivity (Wildman–Crippen MR) is 66.9 cm³/mol. The van der Waals surface area contributed by atoms with Gasteiger partial charge in [0.25, 0.3) is 0 Å². The number of benzene rings is 1. The van der Waals surface area contributed by atoms with Gasteiger partial charge < -0.3 is 0 Å². The van der Waals surface area contributed by atoms with Crippen molar-refractivity contribution in [3.8, 4) is 0 Å². The van der Waals surface area contributed by atoms with Crippen molar-refractivity contribution >= 4 is 67.5 Å². The molecular formula is C8H4BrCl2IO. The third kappa shape index (κ3) is 2.81. The first-order valence-electron chi connectivity index (χ1n) is 3.30. The van der Waals surface area contributed by atoms with Crippen LogP contribution < -0.4 is 0 Å². The minimum atomic E-state index is -0.117. The second kappa shape index (κ2) is 4.96. The van der Waals surface area contributed by atoms with Crippen LogP contribution in [0.4, 0.5) is 0 Å². The van der Waals surface area contributed by atoms with Gasteiger partial charge in [0.2, 0.25) is 0 Å². The second-order valence-electron chi connectivity index (χ2n) is 2.31. The Bertz CT molecular complexity index is 331. The van der Waals surface area contributed by atoms with E-state index in [0.717, 1.165) is 8.04 Å². The molecule has 0 aliphatic rings. The van der Waals surface area contributed by atoms with Crippen molar-refractivity contribution in [1.82, 2.24) is 0 Å². The summed E-state index contributed by atoms with van der Waals surface area (Å²) in [6, 6.07) is 3.36. The van der Waals surface area contributed by atoms with Crippen molar-refractivity contribution in [2.45, 2.75) is 0 Å². The molecule has 0 heterocycles. The minimum Gasteiger partial charge on any atom is -0.293 e. The van der Waals surface area contributed by atoms with E-state index in [0.29, 0.717) is 10.6 Å². The minimum absolute atomic E-state index is 0.0198. The Morgan fingerprint density at radius 3 is 2.62 bits per heavy atom. The maximum Gasteiger partial charge on any atom is 0.177 e. The van der Waals surface area contributed by atoms with Crippen LogP contribution >= 0.6 is 61.7 Å². The molecule has 0 aromatic heterocycles. The van der Waals surface area contributed by atoms with E-state index in [-0.39, 0.29) is 11.7 Å². The Morgan fingerprint density at radius 2 is 2.15 bits per heavy atom. The second-order valence-corrected chi connectivity index (χ2v) is 4.94. The molecule has 13 heavy (non-hydrogen) atoms. The van der Waals surface area contributed by atoms with Gasteiger partial charge in [0.05, 0.1) is 10.9 Å². The molecule has 0 saturated heterocycles. The first kappa shape index (κ1) is 11.8. The molecule has 0 spiro atoms. The first-order chi connectivity index (χ1) is 6.06. The van der Waals surface area contributed by atoms with Gasteiger partial charge in [-0.2, -0.15) is 0 Å². The van der Waals surface area contributed by atoms with Gasteiger partial charge in [0, 0.05) is 13.6 Å². The lowest BCUT2D eigenvalue weighted by atomic mass is 10.1. The Labute approximate surface area is 108 Å². The van der Waals surface area contributed by atoms with Gasteiger partial charge in [0.1, 0.15) is 0 Å². The monoisotopic (exact) mass is 392 g/mol. The zero-order valence-electron chi connectivity index (χ0n) is 6.28. The number of carbonyl (C=O) groups is 1. The molecule has 0 saturated carbocycles.